The van der Waals surface area contributed by atoms with Gasteiger partial charge in [0.25, 0.3) is 5.91 Å². The van der Waals surface area contributed by atoms with Gasteiger partial charge in [-0.2, -0.15) is 0 Å². The van der Waals surface area contributed by atoms with Crippen LogP contribution in [0.1, 0.15) is 23.5 Å². The van der Waals surface area contributed by atoms with Gasteiger partial charge >= 0.3 is 0 Å². The molecule has 20 heavy (non-hydrogen) atoms. The number of thiophene rings is 1. The van der Waals surface area contributed by atoms with Gasteiger partial charge in [0.2, 0.25) is 5.91 Å². The predicted octanol–water partition coefficient (Wildman–Crippen LogP) is 1.40. The van der Waals surface area contributed by atoms with Gasteiger partial charge in [-0.15, -0.1) is 24.0 Å². The minimum Gasteiger partial charge on any atom is -0.377 e. The molecule has 1 fully saturated rings. The Morgan fingerprint density at radius 3 is 2.90 bits per heavy atom. The number of thiol groups is 1. The van der Waals surface area contributed by atoms with Crippen molar-refractivity contribution in [1.29, 1.82) is 0 Å². The summed E-state index contributed by atoms with van der Waals surface area (Å²) in [5.41, 5.74) is 0. The highest BCUT2D eigenvalue weighted by Crippen LogP contribution is 2.21. The van der Waals surface area contributed by atoms with Crippen molar-refractivity contribution >= 4 is 35.8 Å². The lowest BCUT2D eigenvalue weighted by Gasteiger charge is -2.34. The van der Waals surface area contributed by atoms with E-state index in [4.69, 9.17) is 4.74 Å². The first-order valence-electron chi connectivity index (χ1n) is 6.45. The number of amides is 2. The third-order valence-electron chi connectivity index (χ3n) is 2.92. The molecule has 2 rings (SSSR count). The number of hydrogen-bond donors (Lipinski definition) is 2. The van der Waals surface area contributed by atoms with Gasteiger partial charge in [-0.05, 0) is 19.9 Å². The summed E-state index contributed by atoms with van der Waals surface area (Å²) in [4.78, 5) is 27.6. The zero-order valence-corrected chi connectivity index (χ0v) is 13.2. The molecule has 0 radical (unpaired) electrons. The van der Waals surface area contributed by atoms with Crippen molar-refractivity contribution in [2.24, 2.45) is 0 Å². The Morgan fingerprint density at radius 1 is 1.55 bits per heavy atom. The Balaban J connectivity index is 2.14. The highest BCUT2D eigenvalue weighted by atomic mass is 32.1. The van der Waals surface area contributed by atoms with E-state index in [2.05, 4.69) is 17.9 Å². The van der Waals surface area contributed by atoms with Crippen LogP contribution in [-0.4, -0.2) is 48.6 Å². The number of hydrogen-bond acceptors (Lipinski definition) is 5. The largest absolute Gasteiger partial charge is 0.377 e. The highest BCUT2D eigenvalue weighted by Gasteiger charge is 2.34. The van der Waals surface area contributed by atoms with E-state index in [9.17, 15) is 9.59 Å². The van der Waals surface area contributed by atoms with Crippen LogP contribution >= 0.6 is 24.0 Å². The van der Waals surface area contributed by atoms with Gasteiger partial charge in [0.15, 0.2) is 0 Å². The summed E-state index contributed by atoms with van der Waals surface area (Å²) in [5, 5.41) is 4.64. The van der Waals surface area contributed by atoms with Gasteiger partial charge < -0.3 is 15.0 Å². The molecule has 1 aliphatic rings. The number of nitrogens with one attached hydrogen (secondary N) is 1. The summed E-state index contributed by atoms with van der Waals surface area (Å²) >= 11 is 5.55. The highest BCUT2D eigenvalue weighted by molar-refractivity contribution is 7.80. The zero-order chi connectivity index (χ0) is 14.7. The van der Waals surface area contributed by atoms with E-state index in [1.165, 1.54) is 11.3 Å². The summed E-state index contributed by atoms with van der Waals surface area (Å²) in [7, 11) is 0. The van der Waals surface area contributed by atoms with E-state index < -0.39 is 6.04 Å². The SMILES string of the molecule is CC(C)NC(=O)C1COCCN1C(=O)c1cc(S)cs1. The molecule has 1 unspecified atom stereocenters. The van der Waals surface area contributed by atoms with Gasteiger partial charge in [-0.1, -0.05) is 0 Å². The van der Waals surface area contributed by atoms with Crippen LogP contribution in [0.4, 0.5) is 0 Å². The number of carbonyl (C=O) groups is 2. The minimum absolute atomic E-state index is 0.0344. The molecule has 1 aromatic heterocycles. The van der Waals surface area contributed by atoms with Gasteiger partial charge in [0.05, 0.1) is 18.1 Å². The molecule has 0 spiro atoms. The maximum atomic E-state index is 12.5. The maximum absolute atomic E-state index is 12.5. The molecule has 1 aliphatic heterocycles. The number of morpholine rings is 1. The molecular weight excluding hydrogens is 296 g/mol. The minimum atomic E-state index is -0.566. The molecule has 1 saturated heterocycles. The first-order valence-corrected chi connectivity index (χ1v) is 7.78. The molecule has 2 amide bonds. The van der Waals surface area contributed by atoms with Crippen LogP contribution in [0.2, 0.25) is 0 Å². The van der Waals surface area contributed by atoms with E-state index in [0.717, 1.165) is 4.90 Å². The van der Waals surface area contributed by atoms with Crippen molar-refractivity contribution in [3.05, 3.63) is 16.3 Å². The number of rotatable bonds is 3. The molecule has 1 aromatic rings. The standard InChI is InChI=1S/C13H18N2O3S2/c1-8(2)14-12(16)10-6-18-4-3-15(10)13(17)11-5-9(19)7-20-11/h5,7-8,10,19H,3-4,6H2,1-2H3,(H,14,16). The van der Waals surface area contributed by atoms with E-state index >= 15 is 0 Å². The third-order valence-corrected chi connectivity index (χ3v) is 4.27. The fourth-order valence-electron chi connectivity index (χ4n) is 2.02. The van der Waals surface area contributed by atoms with Crippen LogP contribution in [0.15, 0.2) is 16.3 Å². The zero-order valence-electron chi connectivity index (χ0n) is 11.5. The lowest BCUT2D eigenvalue weighted by Crippen LogP contribution is -2.56. The van der Waals surface area contributed by atoms with Crippen LogP contribution in [0, 0.1) is 0 Å². The lowest BCUT2D eigenvalue weighted by atomic mass is 10.2. The summed E-state index contributed by atoms with van der Waals surface area (Å²) in [6.07, 6.45) is 0. The Morgan fingerprint density at radius 2 is 2.30 bits per heavy atom. The van der Waals surface area contributed by atoms with Gasteiger partial charge in [-0.3, -0.25) is 9.59 Å². The second-order valence-electron chi connectivity index (χ2n) is 4.92. The Kier molecular flexibility index (Phi) is 5.06. The molecular formula is C13H18N2O3S2. The van der Waals surface area contributed by atoms with E-state index in [-0.39, 0.29) is 24.5 Å². The Hall–Kier alpha value is -1.05. The summed E-state index contributed by atoms with van der Waals surface area (Å²) in [5.74, 6) is -0.307. The quantitative estimate of drug-likeness (QED) is 0.829. The molecule has 0 bridgehead atoms. The number of carbonyl (C=O) groups excluding carboxylic acids is 2. The van der Waals surface area contributed by atoms with Gasteiger partial charge in [-0.25, -0.2) is 0 Å². The second-order valence-corrected chi connectivity index (χ2v) is 6.35. The fraction of sp³-hybridized carbons (Fsp3) is 0.538. The summed E-state index contributed by atoms with van der Waals surface area (Å²) in [6, 6.07) is 1.19. The van der Waals surface area contributed by atoms with Crippen molar-refractivity contribution in [2.75, 3.05) is 19.8 Å². The average molecular weight is 314 g/mol. The first-order chi connectivity index (χ1) is 9.49. The van der Waals surface area contributed by atoms with Crippen molar-refractivity contribution in [2.45, 2.75) is 30.8 Å². The monoisotopic (exact) mass is 314 g/mol. The topological polar surface area (TPSA) is 58.6 Å². The molecule has 0 aliphatic carbocycles. The van der Waals surface area contributed by atoms with Crippen LogP contribution in [0.3, 0.4) is 0 Å². The van der Waals surface area contributed by atoms with Crippen LogP contribution in [-0.2, 0) is 9.53 Å². The van der Waals surface area contributed by atoms with Crippen LogP contribution in [0.25, 0.3) is 0 Å². The average Bonchev–Trinajstić information content (AvgIpc) is 2.84. The van der Waals surface area contributed by atoms with Crippen LogP contribution in [0.5, 0.6) is 0 Å². The molecule has 5 nitrogen and oxygen atoms in total. The second kappa shape index (κ2) is 6.60. The molecule has 110 valence electrons. The molecule has 7 heteroatoms. The van der Waals surface area contributed by atoms with E-state index in [1.54, 1.807) is 16.3 Å². The fourth-order valence-corrected chi connectivity index (χ4v) is 3.13. The van der Waals surface area contributed by atoms with Crippen molar-refractivity contribution in [3.63, 3.8) is 0 Å². The smallest absolute Gasteiger partial charge is 0.264 e. The number of nitrogens with zero attached hydrogens (tertiary/aromatic N) is 1. The molecule has 2 heterocycles. The van der Waals surface area contributed by atoms with Crippen molar-refractivity contribution in [1.82, 2.24) is 10.2 Å². The Bertz CT molecular complexity index is 502. The van der Waals surface area contributed by atoms with Gasteiger partial charge in [0.1, 0.15) is 6.04 Å². The van der Waals surface area contributed by atoms with Gasteiger partial charge in [0, 0.05) is 22.9 Å². The van der Waals surface area contributed by atoms with Crippen molar-refractivity contribution in [3.8, 4) is 0 Å². The molecule has 1 atom stereocenters. The summed E-state index contributed by atoms with van der Waals surface area (Å²) < 4.78 is 5.34. The third kappa shape index (κ3) is 3.53. The van der Waals surface area contributed by atoms with Crippen LogP contribution < -0.4 is 5.32 Å². The first kappa shape index (κ1) is 15.3. The van der Waals surface area contributed by atoms with E-state index in [0.29, 0.717) is 18.0 Å². The number of ether oxygens (including phenoxy) is 1. The molecule has 0 saturated carbocycles. The predicted molar refractivity (Wildman–Crippen MR) is 80.5 cm³/mol. The van der Waals surface area contributed by atoms with Crippen molar-refractivity contribution < 1.29 is 14.3 Å². The maximum Gasteiger partial charge on any atom is 0.264 e. The Labute approximate surface area is 127 Å². The molecule has 0 aromatic carbocycles. The summed E-state index contributed by atoms with van der Waals surface area (Å²) in [6.45, 7) is 4.90. The normalized spacial score (nSPS) is 19.2. The van der Waals surface area contributed by atoms with E-state index in [1.807, 2.05) is 13.8 Å². The molecule has 1 N–H and O–H groups in total. The lowest BCUT2D eigenvalue weighted by molar-refractivity contribution is -0.131.